The molecule has 1 atom stereocenters. The predicted molar refractivity (Wildman–Crippen MR) is 99.8 cm³/mol. The molecular formula is C20H36Sn. The van der Waals surface area contributed by atoms with Gasteiger partial charge in [-0.05, 0) is 0 Å². The van der Waals surface area contributed by atoms with Crippen molar-refractivity contribution in [1.29, 1.82) is 0 Å². The number of hydrogen-bond acceptors (Lipinski definition) is 0. The van der Waals surface area contributed by atoms with Gasteiger partial charge in [-0.1, -0.05) is 0 Å². The molecule has 1 aromatic rings. The third-order valence-electron chi connectivity index (χ3n) is 5.30. The fourth-order valence-corrected chi connectivity index (χ4v) is 21.2. The summed E-state index contributed by atoms with van der Waals surface area (Å²) in [6.45, 7) is 9.67. The van der Waals surface area contributed by atoms with E-state index in [0.717, 1.165) is 3.93 Å². The number of hydrogen-bond donors (Lipinski definition) is 0. The number of rotatable bonds is 11. The quantitative estimate of drug-likeness (QED) is 0.348. The van der Waals surface area contributed by atoms with Crippen molar-refractivity contribution in [3.63, 3.8) is 0 Å². The molecule has 1 aromatic carbocycles. The Morgan fingerprint density at radius 2 is 1.19 bits per heavy atom. The predicted octanol–water partition coefficient (Wildman–Crippen LogP) is 7.18. The molecule has 0 nitrogen and oxygen atoms in total. The van der Waals surface area contributed by atoms with Gasteiger partial charge in [0.05, 0.1) is 0 Å². The zero-order valence-electron chi connectivity index (χ0n) is 14.8. The van der Waals surface area contributed by atoms with E-state index in [1.54, 1.807) is 18.9 Å². The summed E-state index contributed by atoms with van der Waals surface area (Å²) in [5.74, 6) is 0. The van der Waals surface area contributed by atoms with Gasteiger partial charge in [0.1, 0.15) is 0 Å². The molecule has 0 amide bonds. The van der Waals surface area contributed by atoms with Gasteiger partial charge >= 0.3 is 138 Å². The third-order valence-corrected chi connectivity index (χ3v) is 23.1. The Labute approximate surface area is 137 Å². The minimum absolute atomic E-state index is 0.894. The van der Waals surface area contributed by atoms with Gasteiger partial charge in [-0.15, -0.1) is 0 Å². The van der Waals surface area contributed by atoms with Gasteiger partial charge in [0.25, 0.3) is 0 Å². The fraction of sp³-hybridized carbons (Fsp3) is 0.700. The Balaban J connectivity index is 2.99. The van der Waals surface area contributed by atoms with Crippen molar-refractivity contribution in [3.05, 3.63) is 35.9 Å². The molecule has 0 saturated carbocycles. The van der Waals surface area contributed by atoms with Crippen molar-refractivity contribution in [1.82, 2.24) is 0 Å². The van der Waals surface area contributed by atoms with Crippen LogP contribution in [0, 0.1) is 0 Å². The number of unbranched alkanes of at least 4 members (excludes halogenated alkanes) is 3. The van der Waals surface area contributed by atoms with Crippen LogP contribution in [0.4, 0.5) is 0 Å². The third kappa shape index (κ3) is 5.96. The monoisotopic (exact) mass is 396 g/mol. The van der Waals surface area contributed by atoms with Crippen LogP contribution in [0.15, 0.2) is 30.3 Å². The second kappa shape index (κ2) is 10.7. The Morgan fingerprint density at radius 1 is 0.762 bits per heavy atom. The van der Waals surface area contributed by atoms with Gasteiger partial charge in [-0.3, -0.25) is 0 Å². The van der Waals surface area contributed by atoms with Crippen LogP contribution in [0.25, 0.3) is 0 Å². The molecule has 0 aliphatic rings. The van der Waals surface area contributed by atoms with Gasteiger partial charge in [-0.2, -0.15) is 0 Å². The van der Waals surface area contributed by atoms with Gasteiger partial charge in [0.15, 0.2) is 0 Å². The standard InChI is InChI=1S/C8H9.3C4H9.Sn/c1-2-8-6-4-3-5-7-8;3*1-3-4-2;/h2-7H,1H3;3*1,3-4H2,2H3;. The maximum atomic E-state index is 2.58. The van der Waals surface area contributed by atoms with E-state index in [1.165, 1.54) is 38.5 Å². The van der Waals surface area contributed by atoms with Crippen molar-refractivity contribution in [3.8, 4) is 0 Å². The minimum atomic E-state index is -2.08. The molecule has 0 aromatic heterocycles. The molecule has 1 unspecified atom stereocenters. The van der Waals surface area contributed by atoms with Crippen LogP contribution in [0.5, 0.6) is 0 Å². The van der Waals surface area contributed by atoms with E-state index in [9.17, 15) is 0 Å². The van der Waals surface area contributed by atoms with Gasteiger partial charge in [0.2, 0.25) is 0 Å². The normalized spacial score (nSPS) is 13.3. The summed E-state index contributed by atoms with van der Waals surface area (Å²) in [7, 11) is 0. The summed E-state index contributed by atoms with van der Waals surface area (Å²) in [6, 6.07) is 11.4. The fourth-order valence-electron chi connectivity index (χ4n) is 3.71. The molecule has 0 fully saturated rings. The van der Waals surface area contributed by atoms with Crippen LogP contribution in [-0.4, -0.2) is 18.4 Å². The SMILES string of the molecule is CCC[CH2][Sn]([CH2]CCC)([CH2]CCC)[CH](C)c1ccccc1. The van der Waals surface area contributed by atoms with Crippen LogP contribution in [-0.2, 0) is 0 Å². The Morgan fingerprint density at radius 3 is 1.57 bits per heavy atom. The number of benzene rings is 1. The first-order chi connectivity index (χ1) is 10.2. The average molecular weight is 395 g/mol. The van der Waals surface area contributed by atoms with E-state index in [-0.39, 0.29) is 0 Å². The van der Waals surface area contributed by atoms with Gasteiger partial charge in [-0.25, -0.2) is 0 Å². The van der Waals surface area contributed by atoms with E-state index >= 15 is 0 Å². The van der Waals surface area contributed by atoms with E-state index in [2.05, 4.69) is 58.0 Å². The zero-order chi connectivity index (χ0) is 15.6. The van der Waals surface area contributed by atoms with E-state index in [0.29, 0.717) is 0 Å². The molecule has 0 saturated heterocycles. The first kappa shape index (κ1) is 19.1. The molecule has 1 rings (SSSR count). The second-order valence-corrected chi connectivity index (χ2v) is 21.3. The van der Waals surface area contributed by atoms with Crippen molar-refractivity contribution >= 4 is 18.4 Å². The van der Waals surface area contributed by atoms with Crippen molar-refractivity contribution < 1.29 is 0 Å². The van der Waals surface area contributed by atoms with E-state index in [4.69, 9.17) is 0 Å². The summed E-state index contributed by atoms with van der Waals surface area (Å²) in [5, 5.41) is 0. The molecule has 0 heterocycles. The average Bonchev–Trinajstić information content (AvgIpc) is 2.55. The van der Waals surface area contributed by atoms with Crippen LogP contribution in [0.3, 0.4) is 0 Å². The molecule has 0 aliphatic carbocycles. The Hall–Kier alpha value is 0.0187. The van der Waals surface area contributed by atoms with Gasteiger partial charge in [0, 0.05) is 0 Å². The van der Waals surface area contributed by atoms with Crippen molar-refractivity contribution in [2.45, 2.75) is 83.5 Å². The molecular weight excluding hydrogens is 359 g/mol. The van der Waals surface area contributed by atoms with Crippen molar-refractivity contribution in [2.75, 3.05) is 0 Å². The Bertz CT molecular complexity index is 336. The topological polar surface area (TPSA) is 0 Å². The first-order valence-corrected chi connectivity index (χ1v) is 16.9. The van der Waals surface area contributed by atoms with Crippen LogP contribution < -0.4 is 0 Å². The molecule has 1 heteroatoms. The van der Waals surface area contributed by atoms with Crippen LogP contribution >= 0.6 is 0 Å². The zero-order valence-corrected chi connectivity index (χ0v) is 17.7. The van der Waals surface area contributed by atoms with Gasteiger partial charge < -0.3 is 0 Å². The molecule has 0 spiro atoms. The van der Waals surface area contributed by atoms with E-state index < -0.39 is 18.4 Å². The first-order valence-electron chi connectivity index (χ1n) is 9.25. The summed E-state index contributed by atoms with van der Waals surface area (Å²) in [5.41, 5.74) is 1.64. The summed E-state index contributed by atoms with van der Waals surface area (Å²) >= 11 is -2.08. The Kier molecular flexibility index (Phi) is 9.71. The van der Waals surface area contributed by atoms with E-state index in [1.807, 2.05) is 0 Å². The molecule has 0 radical (unpaired) electrons. The van der Waals surface area contributed by atoms with Crippen LogP contribution in [0.2, 0.25) is 13.3 Å². The molecule has 0 bridgehead atoms. The molecule has 21 heavy (non-hydrogen) atoms. The summed E-state index contributed by atoms with van der Waals surface area (Å²) in [4.78, 5) is 0. The second-order valence-electron chi connectivity index (χ2n) is 6.81. The van der Waals surface area contributed by atoms with Crippen molar-refractivity contribution in [2.24, 2.45) is 0 Å². The molecule has 0 N–H and O–H groups in total. The summed E-state index contributed by atoms with van der Waals surface area (Å²) in [6.07, 6.45) is 8.54. The molecule has 120 valence electrons. The summed E-state index contributed by atoms with van der Waals surface area (Å²) < 4.78 is 5.73. The maximum absolute atomic E-state index is 2.58. The molecule has 0 aliphatic heterocycles. The van der Waals surface area contributed by atoms with Crippen LogP contribution in [0.1, 0.15) is 75.7 Å².